The number of carboxylic acids is 1. The molecule has 0 saturated heterocycles. The molecule has 3 aliphatic rings. The predicted octanol–water partition coefficient (Wildman–Crippen LogP) is 1.92. The summed E-state index contributed by atoms with van der Waals surface area (Å²) in [7, 11) is 0. The van der Waals surface area contributed by atoms with Crippen LogP contribution >= 0.6 is 0 Å². The smallest absolute Gasteiger partial charge is 0.307 e. The average Bonchev–Trinajstić information content (AvgIpc) is 2.85. The Bertz CT molecular complexity index is 325. The Hall–Kier alpha value is -0.790. The summed E-state index contributed by atoms with van der Waals surface area (Å²) < 4.78 is 0. The van der Waals surface area contributed by atoms with Crippen molar-refractivity contribution in [1.82, 2.24) is 0 Å². The Balaban J connectivity index is 1.95. The fourth-order valence-electron chi connectivity index (χ4n) is 3.54. The Morgan fingerprint density at radius 1 is 1.46 bits per heavy atom. The predicted molar refractivity (Wildman–Crippen MR) is 48.1 cm³/mol. The second-order valence-electron chi connectivity index (χ2n) is 4.93. The number of aliphatic carboxylic acids is 1. The zero-order chi connectivity index (χ0) is 9.33. The number of fused-ring (bicyclic) bond motifs is 3. The fourth-order valence-corrected chi connectivity index (χ4v) is 3.54. The molecular formula is C11H14O2. The van der Waals surface area contributed by atoms with E-state index in [2.05, 4.69) is 13.8 Å². The molecule has 0 aromatic rings. The summed E-state index contributed by atoms with van der Waals surface area (Å²) >= 11 is 0. The number of hydrogen-bond donors (Lipinski definition) is 1. The normalized spacial score (nSPS) is 49.7. The van der Waals surface area contributed by atoms with E-state index in [0.29, 0.717) is 11.8 Å². The highest BCUT2D eigenvalue weighted by molar-refractivity contribution is 5.77. The largest absolute Gasteiger partial charge is 0.481 e. The number of allylic oxidation sites excluding steroid dienone is 2. The van der Waals surface area contributed by atoms with Crippen molar-refractivity contribution in [3.05, 3.63) is 11.1 Å². The van der Waals surface area contributed by atoms with Gasteiger partial charge in [0.2, 0.25) is 0 Å². The van der Waals surface area contributed by atoms with E-state index in [4.69, 9.17) is 5.11 Å². The minimum absolute atomic E-state index is 0.0198. The van der Waals surface area contributed by atoms with E-state index >= 15 is 0 Å². The van der Waals surface area contributed by atoms with E-state index in [0.717, 1.165) is 11.8 Å². The van der Waals surface area contributed by atoms with Crippen molar-refractivity contribution in [1.29, 1.82) is 0 Å². The quantitative estimate of drug-likeness (QED) is 0.623. The third-order valence-corrected chi connectivity index (χ3v) is 4.03. The number of hydrogen-bond acceptors (Lipinski definition) is 1. The number of carbonyl (C=O) groups is 1. The maximum atomic E-state index is 10.9. The first-order valence-corrected chi connectivity index (χ1v) is 5.03. The molecule has 13 heavy (non-hydrogen) atoms. The van der Waals surface area contributed by atoms with Gasteiger partial charge < -0.3 is 5.11 Å². The molecule has 2 nitrogen and oxygen atoms in total. The Morgan fingerprint density at radius 3 is 2.69 bits per heavy atom. The highest BCUT2D eigenvalue weighted by Gasteiger charge is 2.73. The van der Waals surface area contributed by atoms with Gasteiger partial charge in [-0.2, -0.15) is 0 Å². The van der Waals surface area contributed by atoms with Gasteiger partial charge >= 0.3 is 5.97 Å². The first-order valence-electron chi connectivity index (χ1n) is 5.03. The van der Waals surface area contributed by atoms with Crippen LogP contribution < -0.4 is 0 Å². The van der Waals surface area contributed by atoms with E-state index in [1.807, 2.05) is 0 Å². The SMILES string of the molecule is CC(C)=C1[C@@H]2[C@@H](C(=O)O)[C@H]2[C@H]2C[C@@H]12. The van der Waals surface area contributed by atoms with Gasteiger partial charge in [0.05, 0.1) is 5.92 Å². The third kappa shape index (κ3) is 0.767. The summed E-state index contributed by atoms with van der Waals surface area (Å²) in [6.45, 7) is 4.26. The van der Waals surface area contributed by atoms with Crippen molar-refractivity contribution in [2.24, 2.45) is 29.6 Å². The summed E-state index contributed by atoms with van der Waals surface area (Å²) in [5.41, 5.74) is 2.88. The van der Waals surface area contributed by atoms with Crippen LogP contribution in [0.5, 0.6) is 0 Å². The summed E-state index contributed by atoms with van der Waals surface area (Å²) in [4.78, 5) is 10.9. The Labute approximate surface area is 77.6 Å². The number of rotatable bonds is 1. The van der Waals surface area contributed by atoms with Gasteiger partial charge in [-0.05, 0) is 43.9 Å². The van der Waals surface area contributed by atoms with Crippen LogP contribution in [0.3, 0.4) is 0 Å². The molecule has 0 aromatic carbocycles. The second-order valence-corrected chi connectivity index (χ2v) is 4.93. The molecule has 0 unspecified atom stereocenters. The van der Waals surface area contributed by atoms with Gasteiger partial charge in [-0.3, -0.25) is 4.79 Å². The van der Waals surface area contributed by atoms with Crippen LogP contribution in [0.1, 0.15) is 20.3 Å². The van der Waals surface area contributed by atoms with E-state index < -0.39 is 5.97 Å². The zero-order valence-electron chi connectivity index (χ0n) is 7.95. The monoisotopic (exact) mass is 178 g/mol. The molecule has 0 bridgehead atoms. The molecule has 1 N–H and O–H groups in total. The maximum absolute atomic E-state index is 10.9. The van der Waals surface area contributed by atoms with Crippen molar-refractivity contribution in [3.63, 3.8) is 0 Å². The van der Waals surface area contributed by atoms with Crippen molar-refractivity contribution >= 4 is 5.97 Å². The average molecular weight is 178 g/mol. The van der Waals surface area contributed by atoms with E-state index in [1.54, 1.807) is 0 Å². The lowest BCUT2D eigenvalue weighted by Gasteiger charge is -2.05. The van der Waals surface area contributed by atoms with E-state index in [9.17, 15) is 4.79 Å². The van der Waals surface area contributed by atoms with Crippen molar-refractivity contribution in [3.8, 4) is 0 Å². The molecule has 0 heterocycles. The molecule has 0 radical (unpaired) electrons. The lowest BCUT2D eigenvalue weighted by molar-refractivity contribution is -0.139. The lowest BCUT2D eigenvalue weighted by atomic mass is 10.0. The standard InChI is InChI=1S/C11H14O2/c1-4(2)7-5-3-6(5)8-9(7)10(8)11(12)13/h5-6,8-10H,3H2,1-2H3,(H,12,13)/t5-,6+,8+,9+,10+/m1/s1. The molecular weight excluding hydrogens is 164 g/mol. The van der Waals surface area contributed by atoms with Crippen LogP contribution in [-0.2, 0) is 4.79 Å². The van der Waals surface area contributed by atoms with Crippen molar-refractivity contribution < 1.29 is 9.90 Å². The van der Waals surface area contributed by atoms with Crippen LogP contribution in [0.2, 0.25) is 0 Å². The van der Waals surface area contributed by atoms with Gasteiger partial charge in [0.1, 0.15) is 0 Å². The van der Waals surface area contributed by atoms with Gasteiger partial charge in [0.15, 0.2) is 0 Å². The van der Waals surface area contributed by atoms with Crippen molar-refractivity contribution in [2.45, 2.75) is 20.3 Å². The summed E-state index contributed by atoms with van der Waals surface area (Å²) in [5, 5.41) is 8.97. The zero-order valence-corrected chi connectivity index (χ0v) is 7.95. The summed E-state index contributed by atoms with van der Waals surface area (Å²) in [6.07, 6.45) is 1.27. The van der Waals surface area contributed by atoms with Gasteiger partial charge in [-0.1, -0.05) is 11.1 Å². The van der Waals surface area contributed by atoms with Gasteiger partial charge in [-0.25, -0.2) is 0 Å². The molecule has 0 aliphatic heterocycles. The molecule has 3 aliphatic carbocycles. The van der Waals surface area contributed by atoms with Gasteiger partial charge in [0.25, 0.3) is 0 Å². The van der Waals surface area contributed by atoms with E-state index in [-0.39, 0.29) is 5.92 Å². The van der Waals surface area contributed by atoms with Gasteiger partial charge in [0, 0.05) is 0 Å². The summed E-state index contributed by atoms with van der Waals surface area (Å²) in [6, 6.07) is 0. The van der Waals surface area contributed by atoms with Gasteiger partial charge in [-0.15, -0.1) is 0 Å². The molecule has 2 heteroatoms. The highest BCUT2D eigenvalue weighted by atomic mass is 16.4. The van der Waals surface area contributed by atoms with Crippen LogP contribution in [0.15, 0.2) is 11.1 Å². The molecule has 5 atom stereocenters. The van der Waals surface area contributed by atoms with Crippen molar-refractivity contribution in [2.75, 3.05) is 0 Å². The number of carboxylic acid groups (broad SMARTS) is 1. The van der Waals surface area contributed by atoms with Crippen LogP contribution in [-0.4, -0.2) is 11.1 Å². The maximum Gasteiger partial charge on any atom is 0.307 e. The molecule has 3 fully saturated rings. The first-order chi connectivity index (χ1) is 6.13. The van der Waals surface area contributed by atoms with E-state index in [1.165, 1.54) is 17.6 Å². The molecule has 0 amide bonds. The second kappa shape index (κ2) is 1.99. The molecule has 70 valence electrons. The van der Waals surface area contributed by atoms with Crippen LogP contribution in [0.25, 0.3) is 0 Å². The molecule has 0 spiro atoms. The molecule has 3 rings (SSSR count). The fraction of sp³-hybridized carbons (Fsp3) is 0.727. The molecule has 3 saturated carbocycles. The Kier molecular flexibility index (Phi) is 1.17. The topological polar surface area (TPSA) is 37.3 Å². The lowest BCUT2D eigenvalue weighted by Crippen LogP contribution is -2.05. The van der Waals surface area contributed by atoms with Crippen LogP contribution in [0, 0.1) is 29.6 Å². The minimum atomic E-state index is -0.570. The Morgan fingerprint density at radius 2 is 2.15 bits per heavy atom. The first kappa shape index (κ1) is 7.60. The minimum Gasteiger partial charge on any atom is -0.481 e. The summed E-state index contributed by atoms with van der Waals surface area (Å²) in [5.74, 6) is 1.90. The van der Waals surface area contributed by atoms with Crippen LogP contribution in [0.4, 0.5) is 0 Å². The molecule has 0 aromatic heterocycles. The highest BCUT2D eigenvalue weighted by Crippen LogP contribution is 2.75. The third-order valence-electron chi connectivity index (χ3n) is 4.03.